The van der Waals surface area contributed by atoms with Crippen molar-refractivity contribution in [3.8, 4) is 0 Å². The molecule has 6 heteroatoms. The molecule has 4 aromatic rings. The Balaban J connectivity index is 1.72. The molecule has 0 radical (unpaired) electrons. The first-order valence-corrected chi connectivity index (χ1v) is 10.2. The van der Waals surface area contributed by atoms with Crippen molar-refractivity contribution in [1.82, 2.24) is 4.98 Å². The van der Waals surface area contributed by atoms with Crippen molar-refractivity contribution in [1.29, 1.82) is 0 Å². The van der Waals surface area contributed by atoms with E-state index in [-0.39, 0.29) is 30.2 Å². The zero-order valence-corrected chi connectivity index (χ0v) is 17.3. The number of rotatable bonds is 5. The molecule has 0 saturated carbocycles. The van der Waals surface area contributed by atoms with Crippen LogP contribution in [0.3, 0.4) is 0 Å². The SMILES string of the molecule is Cc1cc(C)c(CC(=O)N(Cc2ccco2)c2nc3c(F)cccc3s2)c(C)c1. The fourth-order valence-electron chi connectivity index (χ4n) is 3.57. The largest absolute Gasteiger partial charge is 0.467 e. The van der Waals surface area contributed by atoms with Crippen LogP contribution < -0.4 is 4.90 Å². The lowest BCUT2D eigenvalue weighted by Crippen LogP contribution is -2.32. The van der Waals surface area contributed by atoms with E-state index in [4.69, 9.17) is 4.42 Å². The van der Waals surface area contributed by atoms with Gasteiger partial charge < -0.3 is 4.42 Å². The lowest BCUT2D eigenvalue weighted by atomic mass is 9.97. The van der Waals surface area contributed by atoms with Crippen molar-refractivity contribution in [2.45, 2.75) is 33.7 Å². The molecule has 1 amide bonds. The van der Waals surface area contributed by atoms with E-state index in [0.717, 1.165) is 16.7 Å². The Bertz CT molecular complexity index is 1160. The third-order valence-electron chi connectivity index (χ3n) is 4.95. The van der Waals surface area contributed by atoms with E-state index < -0.39 is 0 Å². The van der Waals surface area contributed by atoms with Crippen LogP contribution in [0.4, 0.5) is 9.52 Å². The number of anilines is 1. The Morgan fingerprint density at radius 2 is 1.90 bits per heavy atom. The highest BCUT2D eigenvalue weighted by atomic mass is 32.1. The van der Waals surface area contributed by atoms with Gasteiger partial charge in [-0.3, -0.25) is 9.69 Å². The van der Waals surface area contributed by atoms with Gasteiger partial charge in [0.1, 0.15) is 17.1 Å². The van der Waals surface area contributed by atoms with Crippen LogP contribution in [0.2, 0.25) is 0 Å². The molecule has 0 aliphatic heterocycles. The van der Waals surface area contributed by atoms with E-state index in [1.165, 1.54) is 23.0 Å². The summed E-state index contributed by atoms with van der Waals surface area (Å²) in [6, 6.07) is 12.6. The second kappa shape index (κ2) is 7.79. The van der Waals surface area contributed by atoms with E-state index in [0.29, 0.717) is 15.6 Å². The maximum atomic E-state index is 14.2. The predicted octanol–water partition coefficient (Wildman–Crippen LogP) is 5.73. The van der Waals surface area contributed by atoms with Gasteiger partial charge in [-0.25, -0.2) is 9.37 Å². The topological polar surface area (TPSA) is 46.3 Å². The molecule has 29 heavy (non-hydrogen) atoms. The molecule has 0 spiro atoms. The smallest absolute Gasteiger partial charge is 0.233 e. The van der Waals surface area contributed by atoms with Crippen LogP contribution in [-0.2, 0) is 17.8 Å². The summed E-state index contributed by atoms with van der Waals surface area (Å²) < 4.78 is 20.3. The molecule has 0 unspecified atom stereocenters. The van der Waals surface area contributed by atoms with Crippen molar-refractivity contribution in [2.75, 3.05) is 4.90 Å². The van der Waals surface area contributed by atoms with Gasteiger partial charge in [-0.2, -0.15) is 0 Å². The number of carbonyl (C=O) groups excluding carboxylic acids is 1. The minimum absolute atomic E-state index is 0.101. The van der Waals surface area contributed by atoms with Gasteiger partial charge in [-0.15, -0.1) is 0 Å². The predicted molar refractivity (Wildman–Crippen MR) is 114 cm³/mol. The van der Waals surface area contributed by atoms with Gasteiger partial charge in [0, 0.05) is 0 Å². The van der Waals surface area contributed by atoms with Gasteiger partial charge in [0.25, 0.3) is 0 Å². The first-order chi connectivity index (χ1) is 13.9. The fourth-order valence-corrected chi connectivity index (χ4v) is 4.57. The fraction of sp³-hybridized carbons (Fsp3) is 0.217. The number of hydrogen-bond acceptors (Lipinski definition) is 4. The number of halogens is 1. The Morgan fingerprint density at radius 1 is 1.14 bits per heavy atom. The number of carbonyl (C=O) groups is 1. The summed E-state index contributed by atoms with van der Waals surface area (Å²) in [4.78, 5) is 19.4. The van der Waals surface area contributed by atoms with E-state index in [1.807, 2.05) is 32.9 Å². The molecule has 0 fully saturated rings. The normalized spacial score (nSPS) is 11.2. The quantitative estimate of drug-likeness (QED) is 0.424. The summed E-state index contributed by atoms with van der Waals surface area (Å²) in [5, 5.41) is 0.467. The maximum absolute atomic E-state index is 14.2. The highest BCUT2D eigenvalue weighted by molar-refractivity contribution is 7.22. The summed E-state index contributed by atoms with van der Waals surface area (Å²) in [7, 11) is 0. The summed E-state index contributed by atoms with van der Waals surface area (Å²) in [5.41, 5.74) is 4.64. The van der Waals surface area contributed by atoms with E-state index in [1.54, 1.807) is 23.3 Å². The van der Waals surface area contributed by atoms with Crippen molar-refractivity contribution in [2.24, 2.45) is 0 Å². The van der Waals surface area contributed by atoms with Crippen molar-refractivity contribution in [3.05, 3.63) is 82.6 Å². The average Bonchev–Trinajstić information content (AvgIpc) is 3.32. The average molecular weight is 408 g/mol. The number of furan rings is 1. The molecule has 2 aromatic carbocycles. The van der Waals surface area contributed by atoms with Gasteiger partial charge in [0.05, 0.1) is 23.9 Å². The Hall–Kier alpha value is -2.99. The molecule has 148 valence electrons. The van der Waals surface area contributed by atoms with Crippen LogP contribution in [0.25, 0.3) is 10.2 Å². The molecule has 0 bridgehead atoms. The molecule has 0 aliphatic rings. The summed E-state index contributed by atoms with van der Waals surface area (Å²) in [6.07, 6.45) is 1.82. The number of benzene rings is 2. The summed E-state index contributed by atoms with van der Waals surface area (Å²) in [5.74, 6) is 0.159. The number of hydrogen-bond donors (Lipinski definition) is 0. The Morgan fingerprint density at radius 3 is 2.55 bits per heavy atom. The van der Waals surface area contributed by atoms with Crippen LogP contribution in [0.5, 0.6) is 0 Å². The molecule has 4 nitrogen and oxygen atoms in total. The lowest BCUT2D eigenvalue weighted by molar-refractivity contribution is -0.118. The second-order valence-electron chi connectivity index (χ2n) is 7.20. The third kappa shape index (κ3) is 3.93. The van der Waals surface area contributed by atoms with Crippen molar-refractivity contribution in [3.63, 3.8) is 0 Å². The van der Waals surface area contributed by atoms with Gasteiger partial charge in [-0.1, -0.05) is 35.1 Å². The first kappa shape index (κ1) is 19.3. The number of thiazole rings is 1. The van der Waals surface area contributed by atoms with Crippen LogP contribution >= 0.6 is 11.3 Å². The molecule has 4 rings (SSSR count). The van der Waals surface area contributed by atoms with Crippen LogP contribution in [0, 0.1) is 26.6 Å². The standard InChI is InChI=1S/C23H21FN2O2S/c1-14-10-15(2)18(16(3)11-14)12-21(27)26(13-17-6-5-9-28-17)23-25-22-19(24)7-4-8-20(22)29-23/h4-11H,12-13H2,1-3H3. The van der Waals surface area contributed by atoms with E-state index in [2.05, 4.69) is 17.1 Å². The molecule has 0 atom stereocenters. The molecular weight excluding hydrogens is 387 g/mol. The number of para-hydroxylation sites is 1. The molecule has 0 saturated heterocycles. The molecule has 2 heterocycles. The minimum atomic E-state index is -0.388. The monoisotopic (exact) mass is 408 g/mol. The van der Waals surface area contributed by atoms with Crippen molar-refractivity contribution >= 4 is 32.6 Å². The molecule has 0 N–H and O–H groups in total. The zero-order chi connectivity index (χ0) is 20.5. The van der Waals surface area contributed by atoms with Gasteiger partial charge in [0.15, 0.2) is 5.13 Å². The maximum Gasteiger partial charge on any atom is 0.233 e. The number of amides is 1. The Kier molecular flexibility index (Phi) is 5.20. The molecular formula is C23H21FN2O2S. The van der Waals surface area contributed by atoms with Crippen LogP contribution in [-0.4, -0.2) is 10.9 Å². The lowest BCUT2D eigenvalue weighted by Gasteiger charge is -2.20. The van der Waals surface area contributed by atoms with E-state index >= 15 is 0 Å². The highest BCUT2D eigenvalue weighted by Gasteiger charge is 2.23. The van der Waals surface area contributed by atoms with E-state index in [9.17, 15) is 9.18 Å². The minimum Gasteiger partial charge on any atom is -0.467 e. The molecule has 0 aliphatic carbocycles. The summed E-state index contributed by atoms with van der Waals surface area (Å²) >= 11 is 1.30. The summed E-state index contributed by atoms with van der Waals surface area (Å²) in [6.45, 7) is 6.33. The van der Waals surface area contributed by atoms with Crippen molar-refractivity contribution < 1.29 is 13.6 Å². The van der Waals surface area contributed by atoms with Crippen LogP contribution in [0.15, 0.2) is 53.1 Å². The molecule has 2 aromatic heterocycles. The second-order valence-corrected chi connectivity index (χ2v) is 8.21. The first-order valence-electron chi connectivity index (χ1n) is 9.37. The Labute approximate surface area is 172 Å². The number of aryl methyl sites for hydroxylation is 3. The zero-order valence-electron chi connectivity index (χ0n) is 16.5. The third-order valence-corrected chi connectivity index (χ3v) is 6.00. The van der Waals surface area contributed by atoms with Gasteiger partial charge >= 0.3 is 0 Å². The number of nitrogens with zero attached hydrogens (tertiary/aromatic N) is 2. The van der Waals surface area contributed by atoms with Gasteiger partial charge in [-0.05, 0) is 61.7 Å². The number of aromatic nitrogens is 1. The van der Waals surface area contributed by atoms with Gasteiger partial charge in [0.2, 0.25) is 5.91 Å². The number of fused-ring (bicyclic) bond motifs is 1. The highest BCUT2D eigenvalue weighted by Crippen LogP contribution is 2.32. The van der Waals surface area contributed by atoms with Crippen LogP contribution in [0.1, 0.15) is 28.0 Å².